The molecule has 0 unspecified atom stereocenters. The monoisotopic (exact) mass is 206 g/mol. The molecule has 0 aliphatic carbocycles. The summed E-state index contributed by atoms with van der Waals surface area (Å²) in [6, 6.07) is 9.04. The van der Waals surface area contributed by atoms with Gasteiger partial charge in [0, 0.05) is 11.8 Å². The predicted octanol–water partition coefficient (Wildman–Crippen LogP) is 2.38. The van der Waals surface area contributed by atoms with Gasteiger partial charge in [-0.05, 0) is 42.3 Å². The quantitative estimate of drug-likeness (QED) is 0.819. The minimum Gasteiger partial charge on any atom is -0.508 e. The zero-order valence-corrected chi connectivity index (χ0v) is 8.53. The van der Waals surface area contributed by atoms with E-state index in [4.69, 9.17) is 5.11 Å². The van der Waals surface area contributed by atoms with E-state index in [0.717, 1.165) is 11.3 Å². The highest BCUT2D eigenvalue weighted by molar-refractivity contribution is 7.97. The van der Waals surface area contributed by atoms with Gasteiger partial charge in [0.25, 0.3) is 0 Å². The van der Waals surface area contributed by atoms with Gasteiger partial charge in [-0.3, -0.25) is 0 Å². The lowest BCUT2D eigenvalue weighted by Gasteiger charge is -2.03. The number of hydrogen-bond acceptors (Lipinski definition) is 3. The normalized spacial score (nSPS) is 10.4. The molecule has 1 aromatic carbocycles. The molecule has 0 atom stereocenters. The Bertz CT molecular complexity index is 422. The summed E-state index contributed by atoms with van der Waals surface area (Å²) in [5, 5.41) is 13.3. The molecule has 0 amide bonds. The first kappa shape index (κ1) is 9.15. The van der Waals surface area contributed by atoms with Gasteiger partial charge in [0.15, 0.2) is 0 Å². The van der Waals surface area contributed by atoms with Gasteiger partial charge in [-0.15, -0.1) is 0 Å². The molecule has 0 bridgehead atoms. The summed E-state index contributed by atoms with van der Waals surface area (Å²) in [7, 11) is 0. The standard InChI is InChI=1S/C10H10N2OS/c1-14-12-10(6-7-11-12)8-2-4-9(13)5-3-8/h2-7,13H,1H3. The second-order valence-corrected chi connectivity index (χ2v) is 3.53. The number of benzene rings is 1. The van der Waals surface area contributed by atoms with Crippen LogP contribution >= 0.6 is 11.9 Å². The summed E-state index contributed by atoms with van der Waals surface area (Å²) in [6.45, 7) is 0. The van der Waals surface area contributed by atoms with E-state index in [1.165, 1.54) is 0 Å². The highest BCUT2D eigenvalue weighted by atomic mass is 32.2. The summed E-state index contributed by atoms with van der Waals surface area (Å²) in [6.07, 6.45) is 3.73. The molecule has 0 aliphatic rings. The molecule has 2 aromatic rings. The Hall–Kier alpha value is -1.42. The van der Waals surface area contributed by atoms with Gasteiger partial charge in [0.1, 0.15) is 5.75 Å². The van der Waals surface area contributed by atoms with Crippen molar-refractivity contribution in [2.75, 3.05) is 6.26 Å². The van der Waals surface area contributed by atoms with Crippen LogP contribution in [0.3, 0.4) is 0 Å². The van der Waals surface area contributed by atoms with Crippen molar-refractivity contribution in [3.8, 4) is 17.0 Å². The molecule has 1 aromatic heterocycles. The SMILES string of the molecule is CSn1nccc1-c1ccc(O)cc1. The molecule has 0 saturated heterocycles. The second kappa shape index (κ2) is 3.75. The van der Waals surface area contributed by atoms with Crippen molar-refractivity contribution in [3.05, 3.63) is 36.5 Å². The number of nitrogens with zero attached hydrogens (tertiary/aromatic N) is 2. The molecular weight excluding hydrogens is 196 g/mol. The summed E-state index contributed by atoms with van der Waals surface area (Å²) in [4.78, 5) is 0. The van der Waals surface area contributed by atoms with Crippen LogP contribution in [0.25, 0.3) is 11.3 Å². The average Bonchev–Trinajstić information content (AvgIpc) is 2.67. The first-order valence-electron chi connectivity index (χ1n) is 4.19. The van der Waals surface area contributed by atoms with Gasteiger partial charge in [0.2, 0.25) is 0 Å². The van der Waals surface area contributed by atoms with E-state index in [9.17, 15) is 0 Å². The maximum Gasteiger partial charge on any atom is 0.115 e. The smallest absolute Gasteiger partial charge is 0.115 e. The molecule has 2 rings (SSSR count). The van der Waals surface area contributed by atoms with E-state index in [0.29, 0.717) is 0 Å². The first-order valence-corrected chi connectivity index (χ1v) is 5.37. The number of phenols is 1. The molecule has 1 heterocycles. The molecule has 4 heteroatoms. The van der Waals surface area contributed by atoms with Crippen molar-refractivity contribution in [2.45, 2.75) is 0 Å². The molecule has 3 nitrogen and oxygen atoms in total. The van der Waals surface area contributed by atoms with Gasteiger partial charge in [-0.1, -0.05) is 0 Å². The van der Waals surface area contributed by atoms with Gasteiger partial charge < -0.3 is 5.11 Å². The van der Waals surface area contributed by atoms with Crippen molar-refractivity contribution in [1.29, 1.82) is 0 Å². The molecule has 14 heavy (non-hydrogen) atoms. The third-order valence-corrected chi connectivity index (χ3v) is 2.58. The third kappa shape index (κ3) is 1.61. The number of aromatic hydroxyl groups is 1. The Morgan fingerprint density at radius 1 is 1.21 bits per heavy atom. The van der Waals surface area contributed by atoms with E-state index in [1.807, 2.05) is 28.5 Å². The van der Waals surface area contributed by atoms with Crippen LogP contribution in [0.1, 0.15) is 0 Å². The Morgan fingerprint density at radius 3 is 2.57 bits per heavy atom. The zero-order valence-electron chi connectivity index (χ0n) is 7.71. The lowest BCUT2D eigenvalue weighted by atomic mass is 10.1. The molecule has 1 N–H and O–H groups in total. The van der Waals surface area contributed by atoms with Gasteiger partial charge in [0.05, 0.1) is 11.9 Å². The minimum atomic E-state index is 0.281. The average molecular weight is 206 g/mol. The molecular formula is C10H10N2OS. The summed E-state index contributed by atoms with van der Waals surface area (Å²) < 4.78 is 1.84. The highest BCUT2D eigenvalue weighted by Crippen LogP contribution is 2.23. The van der Waals surface area contributed by atoms with Crippen LogP contribution in [-0.2, 0) is 0 Å². The van der Waals surface area contributed by atoms with Crippen molar-refractivity contribution in [3.63, 3.8) is 0 Å². The highest BCUT2D eigenvalue weighted by Gasteiger charge is 2.03. The maximum atomic E-state index is 9.15. The van der Waals surface area contributed by atoms with E-state index < -0.39 is 0 Å². The third-order valence-electron chi connectivity index (χ3n) is 1.95. The summed E-state index contributed by atoms with van der Waals surface area (Å²) >= 11 is 1.54. The number of aromatic nitrogens is 2. The van der Waals surface area contributed by atoms with E-state index >= 15 is 0 Å². The fraction of sp³-hybridized carbons (Fsp3) is 0.100. The van der Waals surface area contributed by atoms with E-state index in [2.05, 4.69) is 5.10 Å². The van der Waals surface area contributed by atoms with Crippen LogP contribution in [0.2, 0.25) is 0 Å². The second-order valence-electron chi connectivity index (χ2n) is 2.82. The van der Waals surface area contributed by atoms with Crippen molar-refractivity contribution >= 4 is 11.9 Å². The molecule has 0 saturated carbocycles. The van der Waals surface area contributed by atoms with Gasteiger partial charge >= 0.3 is 0 Å². The maximum absolute atomic E-state index is 9.15. The van der Waals surface area contributed by atoms with Crippen LogP contribution in [-0.4, -0.2) is 20.5 Å². The van der Waals surface area contributed by atoms with Crippen molar-refractivity contribution in [1.82, 2.24) is 9.19 Å². The van der Waals surface area contributed by atoms with Crippen molar-refractivity contribution < 1.29 is 5.11 Å². The van der Waals surface area contributed by atoms with Crippen molar-refractivity contribution in [2.24, 2.45) is 0 Å². The molecule has 0 spiro atoms. The van der Waals surface area contributed by atoms with Crippen LogP contribution in [0.15, 0.2) is 36.5 Å². The van der Waals surface area contributed by atoms with E-state index in [-0.39, 0.29) is 5.75 Å². The number of rotatable bonds is 2. The fourth-order valence-electron chi connectivity index (χ4n) is 1.27. The number of hydrogen-bond donors (Lipinski definition) is 1. The Balaban J connectivity index is 2.44. The van der Waals surface area contributed by atoms with Crippen LogP contribution in [0, 0.1) is 0 Å². The van der Waals surface area contributed by atoms with E-state index in [1.54, 1.807) is 30.3 Å². The lowest BCUT2D eigenvalue weighted by molar-refractivity contribution is 0.475. The van der Waals surface area contributed by atoms with Crippen LogP contribution in [0.4, 0.5) is 0 Å². The largest absolute Gasteiger partial charge is 0.508 e. The molecule has 0 radical (unpaired) electrons. The summed E-state index contributed by atoms with van der Waals surface area (Å²) in [5.41, 5.74) is 2.09. The Labute approximate surface area is 86.5 Å². The molecule has 72 valence electrons. The Morgan fingerprint density at radius 2 is 1.93 bits per heavy atom. The fourth-order valence-corrected chi connectivity index (χ4v) is 1.79. The number of phenolic OH excluding ortho intramolecular Hbond substituents is 1. The lowest BCUT2D eigenvalue weighted by Crippen LogP contribution is -1.90. The zero-order chi connectivity index (χ0) is 9.97. The first-order chi connectivity index (χ1) is 6.81. The minimum absolute atomic E-state index is 0.281. The molecule has 0 fully saturated rings. The molecule has 0 aliphatic heterocycles. The summed E-state index contributed by atoms with van der Waals surface area (Å²) in [5.74, 6) is 0.281. The van der Waals surface area contributed by atoms with Crippen LogP contribution < -0.4 is 0 Å². The van der Waals surface area contributed by atoms with Crippen LogP contribution in [0.5, 0.6) is 5.75 Å². The predicted molar refractivity (Wildman–Crippen MR) is 58.2 cm³/mol. The van der Waals surface area contributed by atoms with Gasteiger partial charge in [-0.25, -0.2) is 4.09 Å². The topological polar surface area (TPSA) is 38.0 Å². The van der Waals surface area contributed by atoms with Gasteiger partial charge in [-0.2, -0.15) is 5.10 Å². The Kier molecular flexibility index (Phi) is 2.45.